The Bertz CT molecular complexity index is 1970. The standard InChI is InChI=1S/C39H42Cl2N6O3/c1-4-13-46-14-11-26-24(2)16-30(44-32(26)20-46)34(48)17-25-7-5-8-27(36(25)40)28-9-6-10-29(37(28)41)31-19-42-33(38(45-31)50-3)21-47-15-12-39(23-47)18-35(49)43-22-39/h5-10,16,19H,4,11-15,17-18,20-23H2,1-3H3,(H,43,49). The highest BCUT2D eigenvalue weighted by Gasteiger charge is 2.44. The summed E-state index contributed by atoms with van der Waals surface area (Å²) >= 11 is 14.1. The van der Waals surface area contributed by atoms with E-state index in [0.29, 0.717) is 51.4 Å². The van der Waals surface area contributed by atoms with Gasteiger partial charge in [0.2, 0.25) is 11.8 Å². The topological polar surface area (TPSA) is 101 Å². The van der Waals surface area contributed by atoms with Crippen molar-refractivity contribution in [2.24, 2.45) is 5.41 Å². The minimum absolute atomic E-state index is 0.00498. The minimum Gasteiger partial charge on any atom is -0.480 e. The molecular formula is C39H42Cl2N6O3. The molecule has 5 heterocycles. The molecule has 2 aromatic carbocycles. The number of carbonyl (C=O) groups excluding carboxylic acids is 2. The van der Waals surface area contributed by atoms with Crippen LogP contribution in [0.4, 0.5) is 0 Å². The summed E-state index contributed by atoms with van der Waals surface area (Å²) in [6.45, 7) is 10.1. The summed E-state index contributed by atoms with van der Waals surface area (Å²) in [5.74, 6) is 0.501. The number of nitrogens with zero attached hydrogens (tertiary/aromatic N) is 5. The van der Waals surface area contributed by atoms with E-state index in [4.69, 9.17) is 42.9 Å². The largest absolute Gasteiger partial charge is 0.480 e. The highest BCUT2D eigenvalue weighted by Crippen LogP contribution is 2.41. The molecule has 3 aliphatic heterocycles. The van der Waals surface area contributed by atoms with Gasteiger partial charge in [0.1, 0.15) is 11.4 Å². The first-order valence-corrected chi connectivity index (χ1v) is 18.1. The molecule has 2 fully saturated rings. The highest BCUT2D eigenvalue weighted by atomic mass is 35.5. The van der Waals surface area contributed by atoms with Crippen LogP contribution in [0.25, 0.3) is 22.4 Å². The molecule has 4 aromatic rings. The van der Waals surface area contributed by atoms with Crippen LogP contribution in [0, 0.1) is 12.3 Å². The van der Waals surface area contributed by atoms with Gasteiger partial charge in [-0.25, -0.2) is 9.97 Å². The van der Waals surface area contributed by atoms with Crippen LogP contribution in [0.3, 0.4) is 0 Å². The van der Waals surface area contributed by atoms with Gasteiger partial charge in [-0.1, -0.05) is 66.5 Å². The Kier molecular flexibility index (Phi) is 9.94. The third-order valence-electron chi connectivity index (χ3n) is 10.4. The Balaban J connectivity index is 1.11. The predicted octanol–water partition coefficient (Wildman–Crippen LogP) is 6.73. The Morgan fingerprint density at radius 2 is 1.82 bits per heavy atom. The first-order valence-electron chi connectivity index (χ1n) is 17.4. The van der Waals surface area contributed by atoms with Crippen molar-refractivity contribution >= 4 is 34.9 Å². The van der Waals surface area contributed by atoms with Crippen LogP contribution in [-0.4, -0.2) is 76.3 Å². The van der Waals surface area contributed by atoms with Crippen LogP contribution in [0.5, 0.6) is 5.88 Å². The molecule has 0 aliphatic carbocycles. The summed E-state index contributed by atoms with van der Waals surface area (Å²) in [6.07, 6.45) is 5.45. The van der Waals surface area contributed by atoms with Crippen molar-refractivity contribution in [3.05, 3.63) is 92.5 Å². The number of carbonyl (C=O) groups is 2. The molecule has 260 valence electrons. The van der Waals surface area contributed by atoms with Crippen LogP contribution in [0.1, 0.15) is 64.8 Å². The number of benzene rings is 2. The maximum absolute atomic E-state index is 13.6. The molecule has 1 N–H and O–H groups in total. The number of hydrogen-bond donors (Lipinski definition) is 1. The Hall–Kier alpha value is -3.89. The number of nitrogens with one attached hydrogen (secondary N) is 1. The maximum Gasteiger partial charge on any atom is 0.237 e. The molecular weight excluding hydrogens is 671 g/mol. The Morgan fingerprint density at radius 1 is 1.04 bits per heavy atom. The number of ether oxygens (including phenoxy) is 1. The Morgan fingerprint density at radius 3 is 2.58 bits per heavy atom. The lowest BCUT2D eigenvalue weighted by Gasteiger charge is -2.29. The summed E-state index contributed by atoms with van der Waals surface area (Å²) < 4.78 is 5.70. The van der Waals surface area contributed by atoms with Crippen LogP contribution in [0.15, 0.2) is 48.7 Å². The van der Waals surface area contributed by atoms with E-state index in [0.717, 1.165) is 86.6 Å². The SMILES string of the molecule is CCCN1CCc2c(C)cc(C(=O)Cc3cccc(-c4cccc(-c5cnc(CN6CCC7(CNC(=O)C7)C6)c(OC)n5)c4Cl)c3Cl)nc2C1. The van der Waals surface area contributed by atoms with E-state index in [-0.39, 0.29) is 23.5 Å². The van der Waals surface area contributed by atoms with Gasteiger partial charge in [0.05, 0.1) is 34.7 Å². The summed E-state index contributed by atoms with van der Waals surface area (Å²) in [4.78, 5) is 44.6. The number of methoxy groups -OCH3 is 1. The molecule has 3 aliphatic rings. The monoisotopic (exact) mass is 712 g/mol. The van der Waals surface area contributed by atoms with Gasteiger partial charge in [-0.3, -0.25) is 24.4 Å². The van der Waals surface area contributed by atoms with Gasteiger partial charge in [0.25, 0.3) is 0 Å². The molecule has 11 heteroatoms. The number of amides is 1. The molecule has 2 aromatic heterocycles. The van der Waals surface area contributed by atoms with E-state index in [1.54, 1.807) is 13.3 Å². The smallest absolute Gasteiger partial charge is 0.237 e. The number of aryl methyl sites for hydroxylation is 1. The molecule has 9 nitrogen and oxygen atoms in total. The van der Waals surface area contributed by atoms with E-state index in [1.807, 2.05) is 42.5 Å². The van der Waals surface area contributed by atoms with Crippen molar-refractivity contribution < 1.29 is 14.3 Å². The number of halogens is 2. The van der Waals surface area contributed by atoms with E-state index < -0.39 is 0 Å². The summed E-state index contributed by atoms with van der Waals surface area (Å²) in [6, 6.07) is 13.3. The van der Waals surface area contributed by atoms with Crippen molar-refractivity contribution in [2.45, 2.75) is 59.0 Å². The fraction of sp³-hybridized carbons (Fsp3) is 0.410. The number of hydrogen-bond acceptors (Lipinski definition) is 8. The molecule has 2 saturated heterocycles. The van der Waals surface area contributed by atoms with Crippen molar-refractivity contribution in [1.29, 1.82) is 0 Å². The number of pyridine rings is 1. The number of likely N-dealkylation sites (tertiary alicyclic amines) is 1. The summed E-state index contributed by atoms with van der Waals surface area (Å²) in [5, 5.41) is 3.94. The normalized spacial score (nSPS) is 19.2. The minimum atomic E-state index is -0.0673. The number of Topliss-reactive ketones (excluding diaryl/α,β-unsaturated/α-hetero) is 1. The van der Waals surface area contributed by atoms with Crippen molar-refractivity contribution in [1.82, 2.24) is 30.1 Å². The zero-order valence-corrected chi connectivity index (χ0v) is 30.3. The lowest BCUT2D eigenvalue weighted by atomic mass is 9.86. The quantitative estimate of drug-likeness (QED) is 0.181. The zero-order valence-electron chi connectivity index (χ0n) is 28.8. The van der Waals surface area contributed by atoms with Gasteiger partial charge in [0, 0.05) is 67.7 Å². The molecule has 50 heavy (non-hydrogen) atoms. The summed E-state index contributed by atoms with van der Waals surface area (Å²) in [7, 11) is 1.59. The van der Waals surface area contributed by atoms with E-state index in [1.165, 1.54) is 5.56 Å². The Labute approximate surface area is 303 Å². The second-order valence-electron chi connectivity index (χ2n) is 13.9. The maximum atomic E-state index is 13.6. The molecule has 0 bridgehead atoms. The molecule has 7 rings (SSSR count). The average Bonchev–Trinajstić information content (AvgIpc) is 3.68. The number of aromatic nitrogens is 3. The predicted molar refractivity (Wildman–Crippen MR) is 196 cm³/mol. The fourth-order valence-electron chi connectivity index (χ4n) is 7.79. The van der Waals surface area contributed by atoms with Crippen LogP contribution >= 0.6 is 23.2 Å². The van der Waals surface area contributed by atoms with Crippen molar-refractivity contribution in [3.8, 4) is 28.3 Å². The molecule has 1 unspecified atom stereocenters. The zero-order chi connectivity index (χ0) is 35.0. The van der Waals surface area contributed by atoms with Crippen molar-refractivity contribution in [3.63, 3.8) is 0 Å². The van der Waals surface area contributed by atoms with Crippen LogP contribution in [-0.2, 0) is 30.7 Å². The van der Waals surface area contributed by atoms with Gasteiger partial charge in [-0.2, -0.15) is 0 Å². The first-order chi connectivity index (χ1) is 24.2. The highest BCUT2D eigenvalue weighted by molar-refractivity contribution is 6.38. The lowest BCUT2D eigenvalue weighted by molar-refractivity contribution is -0.119. The van der Waals surface area contributed by atoms with Crippen LogP contribution < -0.4 is 10.1 Å². The van der Waals surface area contributed by atoms with Gasteiger partial charge < -0.3 is 10.1 Å². The van der Waals surface area contributed by atoms with Crippen LogP contribution in [0.2, 0.25) is 10.0 Å². The molecule has 1 spiro atoms. The van der Waals surface area contributed by atoms with E-state index in [2.05, 4.69) is 29.0 Å². The fourth-order valence-corrected chi connectivity index (χ4v) is 8.41. The first kappa shape index (κ1) is 34.6. The van der Waals surface area contributed by atoms with Gasteiger partial charge in [-0.15, -0.1) is 0 Å². The van der Waals surface area contributed by atoms with Crippen molar-refractivity contribution in [2.75, 3.05) is 39.8 Å². The second-order valence-corrected chi connectivity index (χ2v) is 14.7. The molecule has 1 atom stereocenters. The van der Waals surface area contributed by atoms with Gasteiger partial charge >= 0.3 is 0 Å². The van der Waals surface area contributed by atoms with E-state index >= 15 is 0 Å². The molecule has 1 amide bonds. The van der Waals surface area contributed by atoms with E-state index in [9.17, 15) is 9.59 Å². The molecule has 0 saturated carbocycles. The lowest BCUT2D eigenvalue weighted by Crippen LogP contribution is -2.32. The molecule has 0 radical (unpaired) electrons. The number of ketones is 1. The average molecular weight is 714 g/mol. The summed E-state index contributed by atoms with van der Waals surface area (Å²) in [5.41, 5.74) is 8.06. The third-order valence-corrected chi connectivity index (χ3v) is 11.2. The second kappa shape index (κ2) is 14.4. The number of rotatable bonds is 10. The van der Waals surface area contributed by atoms with Gasteiger partial charge in [0.15, 0.2) is 5.78 Å². The third kappa shape index (κ3) is 6.89. The number of fused-ring (bicyclic) bond motifs is 1. The van der Waals surface area contributed by atoms with Gasteiger partial charge in [-0.05, 0) is 62.0 Å².